The predicted octanol–water partition coefficient (Wildman–Crippen LogP) is 3.21. The van der Waals surface area contributed by atoms with Gasteiger partial charge in [-0.1, -0.05) is 13.0 Å². The summed E-state index contributed by atoms with van der Waals surface area (Å²) in [7, 11) is -2.00. The molecule has 0 spiro atoms. The number of aryl methyl sites for hydroxylation is 2. The lowest BCUT2D eigenvalue weighted by atomic mass is 10.1. The predicted molar refractivity (Wildman–Crippen MR) is 129 cm³/mol. The minimum atomic E-state index is -3.64. The maximum atomic E-state index is 13.5. The van der Waals surface area contributed by atoms with Gasteiger partial charge in [0.2, 0.25) is 15.9 Å². The SMILES string of the molecule is CCC(C(=O)N1CCN(c2ccc(OC)cc2)CC1)N(c1ccc(C)c(C)c1)S(C)(=O)=O. The van der Waals surface area contributed by atoms with Gasteiger partial charge in [0.15, 0.2) is 0 Å². The molecule has 1 unspecified atom stereocenters. The molecule has 1 aliphatic rings. The number of hydrogen-bond acceptors (Lipinski definition) is 5. The van der Waals surface area contributed by atoms with Gasteiger partial charge in [-0.3, -0.25) is 9.10 Å². The third-order valence-corrected chi connectivity index (χ3v) is 7.27. The van der Waals surface area contributed by atoms with Crippen LogP contribution < -0.4 is 13.9 Å². The number of benzene rings is 2. The van der Waals surface area contributed by atoms with Gasteiger partial charge in [0.1, 0.15) is 11.8 Å². The third kappa shape index (κ3) is 5.18. The van der Waals surface area contributed by atoms with Crippen molar-refractivity contribution in [1.82, 2.24) is 4.90 Å². The van der Waals surface area contributed by atoms with Gasteiger partial charge in [0, 0.05) is 31.9 Å². The minimum Gasteiger partial charge on any atom is -0.497 e. The summed E-state index contributed by atoms with van der Waals surface area (Å²) in [5, 5.41) is 0. The number of sulfonamides is 1. The van der Waals surface area contributed by atoms with Crippen LogP contribution >= 0.6 is 0 Å². The molecule has 174 valence electrons. The summed E-state index contributed by atoms with van der Waals surface area (Å²) in [6.45, 7) is 8.26. The molecule has 1 amide bonds. The highest BCUT2D eigenvalue weighted by atomic mass is 32.2. The molecule has 7 nitrogen and oxygen atoms in total. The standard InChI is InChI=1S/C24H33N3O4S/c1-6-23(27(32(5,29)30)21-8-7-18(2)19(3)17-21)24(28)26-15-13-25(14-16-26)20-9-11-22(31-4)12-10-20/h7-12,17,23H,6,13-16H2,1-5H3. The number of carbonyl (C=O) groups is 1. The Hall–Kier alpha value is -2.74. The Labute approximate surface area is 191 Å². The first kappa shape index (κ1) is 23.9. The van der Waals surface area contributed by atoms with Gasteiger partial charge in [-0.25, -0.2) is 8.42 Å². The molecule has 32 heavy (non-hydrogen) atoms. The van der Waals surface area contributed by atoms with Crippen molar-refractivity contribution >= 4 is 27.3 Å². The molecular formula is C24H33N3O4S. The van der Waals surface area contributed by atoms with Crippen molar-refractivity contribution in [3.05, 3.63) is 53.6 Å². The summed E-state index contributed by atoms with van der Waals surface area (Å²) in [5.41, 5.74) is 3.69. The summed E-state index contributed by atoms with van der Waals surface area (Å²) in [5.74, 6) is 0.658. The van der Waals surface area contributed by atoms with Crippen LogP contribution in [0.3, 0.4) is 0 Å². The number of rotatable bonds is 7. The van der Waals surface area contributed by atoms with E-state index in [9.17, 15) is 13.2 Å². The maximum absolute atomic E-state index is 13.5. The van der Waals surface area contributed by atoms with Crippen LogP contribution in [0.15, 0.2) is 42.5 Å². The van der Waals surface area contributed by atoms with Crippen molar-refractivity contribution < 1.29 is 17.9 Å². The molecule has 0 aliphatic carbocycles. The van der Waals surface area contributed by atoms with Crippen molar-refractivity contribution in [2.75, 3.05) is 48.7 Å². The number of nitrogens with zero attached hydrogens (tertiary/aromatic N) is 3. The molecule has 0 aromatic heterocycles. The van der Waals surface area contributed by atoms with Crippen LogP contribution in [0, 0.1) is 13.8 Å². The number of carbonyl (C=O) groups excluding carboxylic acids is 1. The van der Waals surface area contributed by atoms with E-state index >= 15 is 0 Å². The third-order valence-electron chi connectivity index (χ3n) is 6.09. The van der Waals surface area contributed by atoms with Crippen LogP contribution in [0.1, 0.15) is 24.5 Å². The molecule has 2 aromatic carbocycles. The van der Waals surface area contributed by atoms with Crippen molar-refractivity contribution in [3.63, 3.8) is 0 Å². The highest BCUT2D eigenvalue weighted by Crippen LogP contribution is 2.27. The number of hydrogen-bond donors (Lipinski definition) is 0. The molecule has 1 aliphatic heterocycles. The van der Waals surface area contributed by atoms with Crippen LogP contribution in [0.25, 0.3) is 0 Å². The average molecular weight is 460 g/mol. The first-order chi connectivity index (χ1) is 15.2. The van der Waals surface area contributed by atoms with Crippen molar-refractivity contribution in [2.24, 2.45) is 0 Å². The normalized spacial score (nSPS) is 15.4. The van der Waals surface area contributed by atoms with Crippen LogP contribution in [-0.2, 0) is 14.8 Å². The zero-order chi connectivity index (χ0) is 23.5. The number of amides is 1. The zero-order valence-electron chi connectivity index (χ0n) is 19.5. The highest BCUT2D eigenvalue weighted by Gasteiger charge is 2.35. The van der Waals surface area contributed by atoms with Gasteiger partial charge < -0.3 is 14.5 Å². The van der Waals surface area contributed by atoms with E-state index in [-0.39, 0.29) is 5.91 Å². The van der Waals surface area contributed by atoms with Gasteiger partial charge in [0.25, 0.3) is 0 Å². The fraction of sp³-hybridized carbons (Fsp3) is 0.458. The summed E-state index contributed by atoms with van der Waals surface area (Å²) in [4.78, 5) is 17.5. The molecule has 0 bridgehead atoms. The van der Waals surface area contributed by atoms with E-state index in [0.29, 0.717) is 38.3 Å². The molecule has 0 saturated carbocycles. The fourth-order valence-electron chi connectivity index (χ4n) is 4.09. The van der Waals surface area contributed by atoms with Crippen molar-refractivity contribution in [2.45, 2.75) is 33.2 Å². The molecule has 0 N–H and O–H groups in total. The van der Waals surface area contributed by atoms with E-state index in [0.717, 1.165) is 22.6 Å². The molecule has 8 heteroatoms. The topological polar surface area (TPSA) is 70.2 Å². The first-order valence-electron chi connectivity index (χ1n) is 10.9. The van der Waals surface area contributed by atoms with E-state index < -0.39 is 16.1 Å². The Morgan fingerprint density at radius 1 is 1.03 bits per heavy atom. The van der Waals surface area contributed by atoms with Crippen molar-refractivity contribution in [3.8, 4) is 5.75 Å². The second kappa shape index (κ2) is 9.81. The van der Waals surface area contributed by atoms with Gasteiger partial charge >= 0.3 is 0 Å². The van der Waals surface area contributed by atoms with E-state index in [1.165, 1.54) is 10.6 Å². The fourth-order valence-corrected chi connectivity index (χ4v) is 5.29. The molecule has 1 atom stereocenters. The lowest BCUT2D eigenvalue weighted by Gasteiger charge is -2.39. The summed E-state index contributed by atoms with van der Waals surface area (Å²) in [6, 6.07) is 12.6. The minimum absolute atomic E-state index is 0.148. The molecule has 2 aromatic rings. The van der Waals surface area contributed by atoms with E-state index in [1.807, 2.05) is 57.2 Å². The van der Waals surface area contributed by atoms with Gasteiger partial charge in [-0.2, -0.15) is 0 Å². The largest absolute Gasteiger partial charge is 0.497 e. The van der Waals surface area contributed by atoms with Crippen LogP contribution in [-0.4, -0.2) is 64.8 Å². The number of anilines is 2. The molecule has 1 saturated heterocycles. The monoisotopic (exact) mass is 459 g/mol. The molecule has 1 fully saturated rings. The van der Waals surface area contributed by atoms with Crippen molar-refractivity contribution in [1.29, 1.82) is 0 Å². The van der Waals surface area contributed by atoms with E-state index in [2.05, 4.69) is 4.90 Å². The van der Waals surface area contributed by atoms with Gasteiger partial charge in [0.05, 0.1) is 19.1 Å². The summed E-state index contributed by atoms with van der Waals surface area (Å²) in [6.07, 6.45) is 1.57. The summed E-state index contributed by atoms with van der Waals surface area (Å²) >= 11 is 0. The lowest BCUT2D eigenvalue weighted by molar-refractivity contribution is -0.132. The quantitative estimate of drug-likeness (QED) is 0.636. The Balaban J connectivity index is 1.77. The Bertz CT molecular complexity index is 1050. The Kier molecular flexibility index (Phi) is 7.33. The molecule has 1 heterocycles. The first-order valence-corrected chi connectivity index (χ1v) is 12.7. The lowest BCUT2D eigenvalue weighted by Crippen LogP contribution is -2.56. The highest BCUT2D eigenvalue weighted by molar-refractivity contribution is 7.92. The van der Waals surface area contributed by atoms with Gasteiger partial charge in [-0.05, 0) is 67.8 Å². The Morgan fingerprint density at radius 2 is 1.66 bits per heavy atom. The molecule has 3 rings (SSSR count). The average Bonchev–Trinajstić information content (AvgIpc) is 2.78. The van der Waals surface area contributed by atoms with E-state index in [1.54, 1.807) is 18.1 Å². The second-order valence-electron chi connectivity index (χ2n) is 8.26. The second-order valence-corrected chi connectivity index (χ2v) is 10.1. The molecular weight excluding hydrogens is 426 g/mol. The summed E-state index contributed by atoms with van der Waals surface area (Å²) < 4.78 is 32.0. The maximum Gasteiger partial charge on any atom is 0.246 e. The van der Waals surface area contributed by atoms with Crippen LogP contribution in [0.2, 0.25) is 0 Å². The molecule has 0 radical (unpaired) electrons. The Morgan fingerprint density at radius 3 is 2.16 bits per heavy atom. The van der Waals surface area contributed by atoms with Crippen LogP contribution in [0.4, 0.5) is 11.4 Å². The smallest absolute Gasteiger partial charge is 0.246 e. The zero-order valence-corrected chi connectivity index (χ0v) is 20.4. The number of methoxy groups -OCH3 is 1. The van der Waals surface area contributed by atoms with Crippen LogP contribution in [0.5, 0.6) is 5.75 Å². The van der Waals surface area contributed by atoms with E-state index in [4.69, 9.17) is 4.74 Å². The number of piperazine rings is 1. The number of ether oxygens (including phenoxy) is 1. The van der Waals surface area contributed by atoms with Gasteiger partial charge in [-0.15, -0.1) is 0 Å².